The van der Waals surface area contributed by atoms with Crippen LogP contribution in [0.5, 0.6) is 0 Å². The molecule has 31 heavy (non-hydrogen) atoms. The molecule has 9 nitrogen and oxygen atoms in total. The number of guanidine groups is 1. The van der Waals surface area contributed by atoms with Crippen LogP contribution in [-0.2, 0) is 16.0 Å². The summed E-state index contributed by atoms with van der Waals surface area (Å²) in [5.41, 5.74) is -0.524. The molecule has 1 unspecified atom stereocenters. The second kappa shape index (κ2) is 12.8. The number of likely N-dealkylation sites (N-methyl/N-ethyl adjacent to an activating group) is 1. The first-order chi connectivity index (χ1) is 14.1. The Balaban J connectivity index is 0.00000480. The van der Waals surface area contributed by atoms with Crippen molar-refractivity contribution in [2.24, 2.45) is 4.99 Å². The summed E-state index contributed by atoms with van der Waals surface area (Å²) in [7, 11) is 3.41. The second-order valence-corrected chi connectivity index (χ2v) is 8.62. The van der Waals surface area contributed by atoms with Gasteiger partial charge >= 0.3 is 6.09 Å². The molecular weight excluding hydrogens is 513 g/mol. The van der Waals surface area contributed by atoms with Crippen molar-refractivity contribution in [2.45, 2.75) is 51.7 Å². The number of carbonyl (C=O) groups excluding carboxylic acids is 2. The van der Waals surface area contributed by atoms with Crippen LogP contribution in [-0.4, -0.2) is 79.7 Å². The number of amides is 2. The van der Waals surface area contributed by atoms with Crippen molar-refractivity contribution in [3.05, 3.63) is 24.2 Å². The Morgan fingerprint density at radius 3 is 2.71 bits per heavy atom. The molecule has 176 valence electrons. The SMILES string of the molecule is CN(C)C(=O)CN=C(NCCc1ccco1)NC1CCCN(C(=O)OC(C)(C)C)C1.I. The van der Waals surface area contributed by atoms with Gasteiger partial charge in [-0.3, -0.25) is 4.79 Å². The van der Waals surface area contributed by atoms with Crippen LogP contribution in [0, 0.1) is 0 Å². The molecule has 2 N–H and O–H groups in total. The number of hydrogen-bond acceptors (Lipinski definition) is 5. The summed E-state index contributed by atoms with van der Waals surface area (Å²) in [4.78, 5) is 32.0. The number of halogens is 1. The van der Waals surface area contributed by atoms with E-state index in [2.05, 4.69) is 15.6 Å². The quantitative estimate of drug-likeness (QED) is 0.322. The van der Waals surface area contributed by atoms with E-state index in [0.717, 1.165) is 18.6 Å². The molecule has 2 amide bonds. The maximum Gasteiger partial charge on any atom is 0.410 e. The molecule has 0 radical (unpaired) electrons. The Kier molecular flexibility index (Phi) is 11.1. The molecule has 0 bridgehead atoms. The summed E-state index contributed by atoms with van der Waals surface area (Å²) in [6.07, 6.45) is 3.81. The van der Waals surface area contributed by atoms with E-state index in [1.54, 1.807) is 25.3 Å². The van der Waals surface area contributed by atoms with Crippen molar-refractivity contribution in [1.29, 1.82) is 0 Å². The number of nitrogens with zero attached hydrogens (tertiary/aromatic N) is 3. The van der Waals surface area contributed by atoms with Gasteiger partial charge in [0, 0.05) is 46.2 Å². The molecule has 1 aliphatic heterocycles. The maximum atomic E-state index is 12.4. The number of likely N-dealkylation sites (tertiary alicyclic amines) is 1. The van der Waals surface area contributed by atoms with Gasteiger partial charge in [-0.2, -0.15) is 0 Å². The second-order valence-electron chi connectivity index (χ2n) is 8.62. The number of carbonyl (C=O) groups is 2. The molecule has 2 rings (SSSR count). The third-order valence-electron chi connectivity index (χ3n) is 4.53. The van der Waals surface area contributed by atoms with Gasteiger partial charge in [0.1, 0.15) is 17.9 Å². The highest BCUT2D eigenvalue weighted by Crippen LogP contribution is 2.15. The first kappa shape index (κ1) is 27.1. The van der Waals surface area contributed by atoms with Crippen molar-refractivity contribution in [2.75, 3.05) is 40.3 Å². The normalized spacial score (nSPS) is 16.9. The van der Waals surface area contributed by atoms with Crippen LogP contribution >= 0.6 is 24.0 Å². The molecule has 1 aromatic heterocycles. The van der Waals surface area contributed by atoms with Gasteiger partial charge < -0.3 is 29.6 Å². The van der Waals surface area contributed by atoms with Crippen molar-refractivity contribution in [3.63, 3.8) is 0 Å². The number of hydrogen-bond donors (Lipinski definition) is 2. The molecule has 0 aromatic carbocycles. The number of rotatable bonds is 6. The van der Waals surface area contributed by atoms with E-state index in [9.17, 15) is 9.59 Å². The molecule has 1 aliphatic rings. The van der Waals surface area contributed by atoms with Crippen molar-refractivity contribution >= 4 is 41.9 Å². The third-order valence-corrected chi connectivity index (χ3v) is 4.53. The van der Waals surface area contributed by atoms with Gasteiger partial charge in [-0.1, -0.05) is 0 Å². The van der Waals surface area contributed by atoms with Crippen molar-refractivity contribution in [3.8, 4) is 0 Å². The number of nitrogens with one attached hydrogen (secondary N) is 2. The fraction of sp³-hybridized carbons (Fsp3) is 0.667. The molecule has 0 aliphatic carbocycles. The standard InChI is InChI=1S/C21H35N5O4.HI/c1-21(2,3)30-20(28)26-12-6-8-16(15-26)24-19(23-14-18(27)25(4)5)22-11-10-17-9-7-13-29-17;/h7,9,13,16H,6,8,10-12,14-15H2,1-5H3,(H2,22,23,24);1H. The zero-order valence-electron chi connectivity index (χ0n) is 19.1. The Morgan fingerprint density at radius 1 is 1.35 bits per heavy atom. The van der Waals surface area contributed by atoms with E-state index in [1.165, 1.54) is 4.90 Å². The van der Waals surface area contributed by atoms with Crippen LogP contribution < -0.4 is 10.6 Å². The van der Waals surface area contributed by atoms with Gasteiger partial charge in [-0.25, -0.2) is 9.79 Å². The lowest BCUT2D eigenvalue weighted by Crippen LogP contribution is -2.53. The van der Waals surface area contributed by atoms with E-state index >= 15 is 0 Å². The minimum Gasteiger partial charge on any atom is -0.469 e. The van der Waals surface area contributed by atoms with E-state index in [4.69, 9.17) is 9.15 Å². The van der Waals surface area contributed by atoms with Gasteiger partial charge in [0.25, 0.3) is 0 Å². The Morgan fingerprint density at radius 2 is 2.10 bits per heavy atom. The molecule has 1 atom stereocenters. The van der Waals surface area contributed by atoms with Crippen LogP contribution in [0.1, 0.15) is 39.4 Å². The summed E-state index contributed by atoms with van der Waals surface area (Å²) in [5.74, 6) is 1.34. The van der Waals surface area contributed by atoms with Gasteiger partial charge in [0.2, 0.25) is 5.91 Å². The molecular formula is C21H36IN5O4. The molecule has 1 aromatic rings. The average Bonchev–Trinajstić information content (AvgIpc) is 3.18. The Labute approximate surface area is 202 Å². The van der Waals surface area contributed by atoms with Crippen LogP contribution in [0.3, 0.4) is 0 Å². The topological polar surface area (TPSA) is 99.4 Å². The van der Waals surface area contributed by atoms with E-state index in [1.807, 2.05) is 32.9 Å². The molecule has 1 saturated heterocycles. The minimum absolute atomic E-state index is 0. The zero-order valence-corrected chi connectivity index (χ0v) is 21.5. The lowest BCUT2D eigenvalue weighted by molar-refractivity contribution is -0.127. The monoisotopic (exact) mass is 549 g/mol. The predicted octanol–water partition coefficient (Wildman–Crippen LogP) is 2.46. The van der Waals surface area contributed by atoms with Crippen LogP contribution in [0.2, 0.25) is 0 Å². The number of ether oxygens (including phenoxy) is 1. The predicted molar refractivity (Wildman–Crippen MR) is 131 cm³/mol. The first-order valence-electron chi connectivity index (χ1n) is 10.4. The summed E-state index contributed by atoms with van der Waals surface area (Å²) in [6.45, 7) is 7.43. The van der Waals surface area contributed by atoms with Crippen molar-refractivity contribution in [1.82, 2.24) is 20.4 Å². The van der Waals surface area contributed by atoms with E-state index in [0.29, 0.717) is 32.0 Å². The summed E-state index contributed by atoms with van der Waals surface area (Å²) < 4.78 is 10.9. The lowest BCUT2D eigenvalue weighted by atomic mass is 10.1. The van der Waals surface area contributed by atoms with Gasteiger partial charge in [-0.15, -0.1) is 24.0 Å². The maximum absolute atomic E-state index is 12.4. The largest absolute Gasteiger partial charge is 0.469 e. The number of piperidine rings is 1. The Hall–Kier alpha value is -1.98. The van der Waals surface area contributed by atoms with Gasteiger partial charge in [0.05, 0.1) is 6.26 Å². The van der Waals surface area contributed by atoms with E-state index in [-0.39, 0.29) is 48.6 Å². The number of furan rings is 1. The molecule has 0 spiro atoms. The highest BCUT2D eigenvalue weighted by atomic mass is 127. The smallest absolute Gasteiger partial charge is 0.410 e. The fourth-order valence-corrected chi connectivity index (χ4v) is 2.98. The molecule has 2 heterocycles. The van der Waals surface area contributed by atoms with E-state index < -0.39 is 5.60 Å². The highest BCUT2D eigenvalue weighted by molar-refractivity contribution is 14.0. The van der Waals surface area contributed by atoms with Gasteiger partial charge in [-0.05, 0) is 45.7 Å². The lowest BCUT2D eigenvalue weighted by Gasteiger charge is -2.35. The Bertz CT molecular complexity index is 716. The van der Waals surface area contributed by atoms with Crippen LogP contribution in [0.4, 0.5) is 4.79 Å². The van der Waals surface area contributed by atoms with Gasteiger partial charge in [0.15, 0.2) is 5.96 Å². The molecule has 1 fully saturated rings. The summed E-state index contributed by atoms with van der Waals surface area (Å²) in [6, 6.07) is 3.79. The average molecular weight is 549 g/mol. The zero-order chi connectivity index (χ0) is 22.1. The highest BCUT2D eigenvalue weighted by Gasteiger charge is 2.28. The first-order valence-corrected chi connectivity index (χ1v) is 10.4. The fourth-order valence-electron chi connectivity index (χ4n) is 2.98. The summed E-state index contributed by atoms with van der Waals surface area (Å²) >= 11 is 0. The summed E-state index contributed by atoms with van der Waals surface area (Å²) in [5, 5.41) is 6.62. The van der Waals surface area contributed by atoms with Crippen LogP contribution in [0.25, 0.3) is 0 Å². The van der Waals surface area contributed by atoms with Crippen molar-refractivity contribution < 1.29 is 18.7 Å². The third kappa shape index (κ3) is 10.3. The molecule has 0 saturated carbocycles. The minimum atomic E-state index is -0.524. The molecule has 10 heteroatoms. The van der Waals surface area contributed by atoms with Crippen LogP contribution in [0.15, 0.2) is 27.8 Å². The number of aliphatic imine (C=N–C) groups is 1.